The maximum atomic E-state index is 15.0. The third kappa shape index (κ3) is 9.15. The van der Waals surface area contributed by atoms with E-state index in [0.29, 0.717) is 55.4 Å². The molecule has 0 radical (unpaired) electrons. The van der Waals surface area contributed by atoms with Crippen molar-refractivity contribution in [2.24, 2.45) is 0 Å². The first-order valence-electron chi connectivity index (χ1n) is 15.3. The first-order valence-corrected chi connectivity index (χ1v) is 20.5. The first-order chi connectivity index (χ1) is 20.8. The lowest BCUT2D eigenvalue weighted by molar-refractivity contribution is -0.175. The van der Waals surface area contributed by atoms with Gasteiger partial charge in [0.15, 0.2) is 5.15 Å². The zero-order chi connectivity index (χ0) is 32.0. The Morgan fingerprint density at radius 1 is 1.16 bits per heavy atom. The van der Waals surface area contributed by atoms with Crippen LogP contribution in [-0.2, 0) is 38.1 Å². The van der Waals surface area contributed by atoms with Gasteiger partial charge in [0.25, 0.3) is 0 Å². The van der Waals surface area contributed by atoms with Crippen molar-refractivity contribution in [1.29, 1.82) is 0 Å². The summed E-state index contributed by atoms with van der Waals surface area (Å²) in [5.41, 5.74) is 1.61. The Kier molecular flexibility index (Phi) is 12.1. The van der Waals surface area contributed by atoms with Gasteiger partial charge in [-0.05, 0) is 51.8 Å². The molecule has 4 rings (SSSR count). The van der Waals surface area contributed by atoms with Crippen LogP contribution < -0.4 is 4.72 Å². The van der Waals surface area contributed by atoms with Crippen molar-refractivity contribution in [3.8, 4) is 11.4 Å². The molecule has 244 valence electrons. The number of hydrogen-bond acceptors (Lipinski definition) is 8. The number of benzene rings is 1. The van der Waals surface area contributed by atoms with Crippen LogP contribution in [0.5, 0.6) is 0 Å². The Balaban J connectivity index is 1.56. The topological polar surface area (TPSA) is 107 Å². The first kappa shape index (κ1) is 35.1. The molecule has 3 heterocycles. The van der Waals surface area contributed by atoms with Gasteiger partial charge in [0.1, 0.15) is 35.1 Å². The van der Waals surface area contributed by atoms with Crippen molar-refractivity contribution < 1.29 is 27.7 Å². The summed E-state index contributed by atoms with van der Waals surface area (Å²) in [7, 11) is -1.33. The van der Waals surface area contributed by atoms with Gasteiger partial charge in [-0.3, -0.25) is 0 Å². The van der Waals surface area contributed by atoms with Gasteiger partial charge in [-0.1, -0.05) is 61.4 Å². The molecule has 0 aliphatic carbocycles. The fourth-order valence-electron chi connectivity index (χ4n) is 5.01. The molecule has 2 atom stereocenters. The highest BCUT2D eigenvalue weighted by Crippen LogP contribution is 2.37. The molecule has 2 aromatic heterocycles. The number of halogens is 2. The fraction of sp³-hybridized carbons (Fsp3) is 0.613. The smallest absolute Gasteiger partial charge is 0.215 e. The van der Waals surface area contributed by atoms with Crippen LogP contribution in [0, 0.1) is 5.82 Å². The van der Waals surface area contributed by atoms with Crippen LogP contribution in [0.1, 0.15) is 70.3 Å². The van der Waals surface area contributed by atoms with Crippen molar-refractivity contribution in [3.05, 3.63) is 59.0 Å². The lowest BCUT2D eigenvalue weighted by atomic mass is 10.0. The Labute approximate surface area is 269 Å². The number of imidazole rings is 1. The molecule has 0 saturated carbocycles. The molecule has 1 fully saturated rings. The minimum atomic E-state index is -1.40. The maximum Gasteiger partial charge on any atom is 0.215 e. The van der Waals surface area contributed by atoms with Gasteiger partial charge < -0.3 is 27.9 Å². The van der Waals surface area contributed by atoms with E-state index in [1.165, 1.54) is 12.3 Å². The van der Waals surface area contributed by atoms with E-state index < -0.39 is 41.8 Å². The minimum Gasteiger partial charge on any atom is -0.598 e. The average Bonchev–Trinajstić information content (AvgIpc) is 3.71. The lowest BCUT2D eigenvalue weighted by Crippen LogP contribution is -2.42. The standard InChI is InChI=1S/C31H46ClFN4O5SSi/c1-30(2,3)43(38)36-25(14-8-7-11-16-31(40-18-19-41-31)26-15-17-42-35-26)27-28(32)34-29(23-12-9-10-13-24(23)33)37(27)22-39-20-21-44(4,5)6/h9-10,12-13,15,17,25,36H,7-8,11,14,16,18-22H2,1-6H3. The highest BCUT2D eigenvalue weighted by Gasteiger charge is 2.40. The van der Waals surface area contributed by atoms with E-state index in [4.69, 9.17) is 30.3 Å². The molecule has 1 aliphatic heterocycles. The summed E-state index contributed by atoms with van der Waals surface area (Å²) in [4.78, 5) is 4.62. The molecular formula is C31H46ClFN4O5SSi. The van der Waals surface area contributed by atoms with E-state index in [0.717, 1.165) is 25.3 Å². The molecule has 3 aromatic rings. The van der Waals surface area contributed by atoms with E-state index in [-0.39, 0.29) is 11.9 Å². The highest BCUT2D eigenvalue weighted by molar-refractivity contribution is 7.90. The van der Waals surface area contributed by atoms with Gasteiger partial charge in [0, 0.05) is 38.5 Å². The predicted molar refractivity (Wildman–Crippen MR) is 174 cm³/mol. The summed E-state index contributed by atoms with van der Waals surface area (Å²) in [5.74, 6) is -0.902. The van der Waals surface area contributed by atoms with Gasteiger partial charge in [-0.2, -0.15) is 0 Å². The van der Waals surface area contributed by atoms with E-state index in [1.54, 1.807) is 24.3 Å². The summed E-state index contributed by atoms with van der Waals surface area (Å²) in [6.45, 7) is 14.4. The number of unbranched alkanes of at least 4 members (excludes halogenated alkanes) is 2. The normalized spacial score (nSPS) is 16.8. The van der Waals surface area contributed by atoms with E-state index in [1.807, 2.05) is 25.3 Å². The number of ether oxygens (including phenoxy) is 3. The Morgan fingerprint density at radius 3 is 2.52 bits per heavy atom. The number of aromatic nitrogens is 3. The molecule has 0 bridgehead atoms. The lowest BCUT2D eigenvalue weighted by Gasteiger charge is -2.29. The van der Waals surface area contributed by atoms with Crippen LogP contribution in [0.2, 0.25) is 30.8 Å². The van der Waals surface area contributed by atoms with Crippen LogP contribution in [0.15, 0.2) is 41.1 Å². The third-order valence-electron chi connectivity index (χ3n) is 7.51. The summed E-state index contributed by atoms with van der Waals surface area (Å²) in [6, 6.07) is 8.84. The van der Waals surface area contributed by atoms with E-state index in [2.05, 4.69) is 34.5 Å². The van der Waals surface area contributed by atoms with Crippen molar-refractivity contribution in [3.63, 3.8) is 0 Å². The van der Waals surface area contributed by atoms with Crippen LogP contribution >= 0.6 is 11.6 Å². The van der Waals surface area contributed by atoms with Crippen molar-refractivity contribution >= 4 is 31.0 Å². The van der Waals surface area contributed by atoms with Crippen molar-refractivity contribution in [1.82, 2.24) is 19.4 Å². The summed E-state index contributed by atoms with van der Waals surface area (Å²) < 4.78 is 56.2. The second-order valence-electron chi connectivity index (χ2n) is 13.4. The SMILES string of the molecule is CC(C)(C)[S+]([O-])NC(CCCCCC1(c2ccon2)OCCO1)c1c(Cl)nc(-c2ccccc2F)n1COCC[Si](C)(C)C. The second-order valence-corrected chi connectivity index (χ2v) is 21.3. The molecule has 9 nitrogen and oxygen atoms in total. The number of hydrogen-bond donors (Lipinski definition) is 1. The summed E-state index contributed by atoms with van der Waals surface area (Å²) in [6.07, 6.45) is 5.23. The maximum absolute atomic E-state index is 15.0. The zero-order valence-corrected chi connectivity index (χ0v) is 29.2. The summed E-state index contributed by atoms with van der Waals surface area (Å²) in [5, 5.41) is 4.29. The van der Waals surface area contributed by atoms with E-state index in [9.17, 15) is 4.55 Å². The van der Waals surface area contributed by atoms with Crippen LogP contribution in [0.4, 0.5) is 4.39 Å². The van der Waals surface area contributed by atoms with Crippen molar-refractivity contribution in [2.45, 2.75) is 102 Å². The van der Waals surface area contributed by atoms with E-state index >= 15 is 4.39 Å². The second kappa shape index (κ2) is 15.2. The molecule has 1 aliphatic rings. The molecule has 0 spiro atoms. The quantitative estimate of drug-likeness (QED) is 0.0946. The summed E-state index contributed by atoms with van der Waals surface area (Å²) >= 11 is 5.44. The van der Waals surface area contributed by atoms with Gasteiger partial charge in [0.2, 0.25) is 5.79 Å². The van der Waals surface area contributed by atoms with Gasteiger partial charge in [0.05, 0.1) is 30.5 Å². The van der Waals surface area contributed by atoms with Gasteiger partial charge >= 0.3 is 0 Å². The molecular weight excluding hydrogens is 623 g/mol. The van der Waals surface area contributed by atoms with Gasteiger partial charge in [-0.15, -0.1) is 4.72 Å². The van der Waals surface area contributed by atoms with Gasteiger partial charge in [-0.25, -0.2) is 9.37 Å². The fourth-order valence-corrected chi connectivity index (χ4v) is 6.92. The Morgan fingerprint density at radius 2 is 1.89 bits per heavy atom. The molecule has 1 N–H and O–H groups in total. The predicted octanol–water partition coefficient (Wildman–Crippen LogP) is 7.59. The average molecular weight is 669 g/mol. The molecule has 0 amide bonds. The minimum absolute atomic E-state index is 0.151. The zero-order valence-electron chi connectivity index (χ0n) is 26.7. The Hall–Kier alpha value is -1.77. The third-order valence-corrected chi connectivity index (χ3v) is 11.1. The van der Waals surface area contributed by atoms with Crippen LogP contribution in [0.25, 0.3) is 11.4 Å². The number of nitrogens with zero attached hydrogens (tertiary/aromatic N) is 3. The largest absolute Gasteiger partial charge is 0.598 e. The Bertz CT molecular complexity index is 1330. The number of nitrogens with one attached hydrogen (secondary N) is 1. The molecule has 44 heavy (non-hydrogen) atoms. The van der Waals surface area contributed by atoms with Crippen LogP contribution in [0.3, 0.4) is 0 Å². The monoisotopic (exact) mass is 668 g/mol. The molecule has 1 aromatic carbocycles. The highest BCUT2D eigenvalue weighted by atomic mass is 35.5. The molecule has 13 heteroatoms. The van der Waals surface area contributed by atoms with Crippen LogP contribution in [-0.4, -0.2) is 51.9 Å². The molecule has 1 saturated heterocycles. The van der Waals surface area contributed by atoms with Crippen molar-refractivity contribution in [2.75, 3.05) is 19.8 Å². The number of rotatable bonds is 16. The molecule has 2 unspecified atom stereocenters.